The summed E-state index contributed by atoms with van der Waals surface area (Å²) in [6.07, 6.45) is 0. The van der Waals surface area contributed by atoms with Gasteiger partial charge in [0.25, 0.3) is 11.1 Å². The van der Waals surface area contributed by atoms with E-state index in [9.17, 15) is 33.9 Å². The Bertz CT molecular complexity index is 2450. The topological polar surface area (TPSA) is 166 Å². The maximum absolute atomic E-state index is 12.9. The van der Waals surface area contributed by atoms with Crippen LogP contribution in [-0.2, 0) is 22.7 Å². The molecule has 3 N–H and O–H groups in total. The first-order chi connectivity index (χ1) is 24.3. The fraction of sp³-hybridized carbons (Fsp3) is 0.189. The highest BCUT2D eigenvalue weighted by molar-refractivity contribution is 7.18. The first-order valence-electron chi connectivity index (χ1n) is 15.6. The number of ketones is 2. The van der Waals surface area contributed by atoms with E-state index in [1.807, 2.05) is 35.7 Å². The molecule has 12 nitrogen and oxygen atoms in total. The number of amides is 2. The number of nitrogens with zero attached hydrogens (tertiary/aromatic N) is 2. The van der Waals surface area contributed by atoms with E-state index in [4.69, 9.17) is 4.74 Å². The zero-order chi connectivity index (χ0) is 37.0. The van der Waals surface area contributed by atoms with Gasteiger partial charge in [-0.1, -0.05) is 24.3 Å². The Labute approximate surface area is 299 Å². The lowest BCUT2D eigenvalue weighted by molar-refractivity contribution is -0.115. The number of rotatable bonds is 9. The van der Waals surface area contributed by atoms with Crippen molar-refractivity contribution in [2.45, 2.75) is 40.8 Å². The second kappa shape index (κ2) is 15.4. The van der Waals surface area contributed by atoms with Crippen LogP contribution >= 0.6 is 22.7 Å². The van der Waals surface area contributed by atoms with Crippen molar-refractivity contribution in [3.05, 3.63) is 114 Å². The van der Waals surface area contributed by atoms with Crippen molar-refractivity contribution >= 4 is 77.9 Å². The summed E-state index contributed by atoms with van der Waals surface area (Å²) in [5.74, 6) is -1.36. The van der Waals surface area contributed by atoms with Crippen LogP contribution in [-0.4, -0.2) is 44.7 Å². The molecule has 6 aromatic rings. The quantitative estimate of drug-likeness (QED) is 0.147. The van der Waals surface area contributed by atoms with Gasteiger partial charge in [-0.2, -0.15) is 0 Å². The predicted molar refractivity (Wildman–Crippen MR) is 200 cm³/mol. The molecule has 0 fully saturated rings. The fourth-order valence-electron chi connectivity index (χ4n) is 5.71. The number of ether oxygens (including phenoxy) is 1. The molecule has 4 aromatic heterocycles. The van der Waals surface area contributed by atoms with Gasteiger partial charge in [0.1, 0.15) is 0 Å². The molecule has 2 amide bonds. The zero-order valence-corrected chi connectivity index (χ0v) is 30.0. The SMILES string of the molecule is CC(=O)Nc1cccc(Cn2c(=O)c(O)c(C(C)=O)c3sccc32)c1.COc1c(C(C)=O)c2sccc2n(Cc2cccc(NC(C)=O)c2)c1=O. The first-order valence-corrected chi connectivity index (χ1v) is 17.3. The molecule has 0 bridgehead atoms. The van der Waals surface area contributed by atoms with E-state index < -0.39 is 11.3 Å². The number of hydrogen-bond donors (Lipinski definition) is 3. The van der Waals surface area contributed by atoms with Gasteiger partial charge in [0.05, 0.1) is 51.8 Å². The number of aromatic hydroxyl groups is 1. The number of hydrogen-bond acceptors (Lipinski definition) is 10. The number of benzene rings is 2. The van der Waals surface area contributed by atoms with Crippen LogP contribution in [0.4, 0.5) is 11.4 Å². The molecule has 0 aliphatic rings. The minimum atomic E-state index is -0.610. The Kier molecular flexibility index (Phi) is 11.0. The Balaban J connectivity index is 0.000000198. The molecule has 4 heterocycles. The molecule has 0 aliphatic heterocycles. The van der Waals surface area contributed by atoms with E-state index in [0.29, 0.717) is 39.2 Å². The molecule has 262 valence electrons. The molecule has 14 heteroatoms. The smallest absolute Gasteiger partial charge is 0.294 e. The maximum atomic E-state index is 12.9. The molecular formula is C37H34N4O8S2. The van der Waals surface area contributed by atoms with E-state index in [1.165, 1.54) is 62.0 Å². The number of fused-ring (bicyclic) bond motifs is 2. The molecule has 0 atom stereocenters. The summed E-state index contributed by atoms with van der Waals surface area (Å²) in [5, 5.41) is 19.3. The Morgan fingerprint density at radius 1 is 0.686 bits per heavy atom. The summed E-state index contributed by atoms with van der Waals surface area (Å²) in [7, 11) is 1.39. The number of aromatic nitrogens is 2. The molecule has 0 saturated heterocycles. The van der Waals surface area contributed by atoms with Crippen molar-refractivity contribution in [2.24, 2.45) is 0 Å². The second-order valence-electron chi connectivity index (χ2n) is 11.6. The van der Waals surface area contributed by atoms with Gasteiger partial charge in [0, 0.05) is 25.2 Å². The number of carbonyl (C=O) groups excluding carboxylic acids is 4. The molecular weight excluding hydrogens is 693 g/mol. The summed E-state index contributed by atoms with van der Waals surface area (Å²) in [6, 6.07) is 18.0. The highest BCUT2D eigenvalue weighted by atomic mass is 32.1. The molecule has 0 spiro atoms. The number of nitrogens with one attached hydrogen (secondary N) is 2. The van der Waals surface area contributed by atoms with Crippen molar-refractivity contribution in [1.29, 1.82) is 0 Å². The van der Waals surface area contributed by atoms with Gasteiger partial charge in [0.15, 0.2) is 23.1 Å². The molecule has 0 radical (unpaired) electrons. The second-order valence-corrected chi connectivity index (χ2v) is 13.4. The summed E-state index contributed by atoms with van der Waals surface area (Å²) in [4.78, 5) is 71.8. The van der Waals surface area contributed by atoms with E-state index in [2.05, 4.69) is 10.6 Å². The lowest BCUT2D eigenvalue weighted by atomic mass is 10.1. The molecule has 0 aliphatic carbocycles. The van der Waals surface area contributed by atoms with Crippen LogP contribution in [0, 0.1) is 0 Å². The van der Waals surface area contributed by atoms with Crippen molar-refractivity contribution in [1.82, 2.24) is 9.13 Å². The van der Waals surface area contributed by atoms with Crippen molar-refractivity contribution in [2.75, 3.05) is 17.7 Å². The lowest BCUT2D eigenvalue weighted by Gasteiger charge is -2.14. The number of pyridine rings is 2. The van der Waals surface area contributed by atoms with Gasteiger partial charge in [-0.15, -0.1) is 22.7 Å². The highest BCUT2D eigenvalue weighted by Gasteiger charge is 2.22. The standard InChI is InChI=1S/C19H18N2O4S.C18H16N2O4S/c1-11(22)16-17(25-3)19(24)21(15-7-8-26-18(15)16)10-13-5-4-6-14(9-13)20-12(2)23;1-10(21)15-16(23)18(24)20(14-6-7-25-17(14)15)9-12-4-3-5-13(8-12)19-11(2)22/h4-9H,10H2,1-3H3,(H,20,23);3-8,23H,9H2,1-2H3,(H,19,22). The molecule has 6 rings (SSSR count). The number of anilines is 2. The van der Waals surface area contributed by atoms with Crippen LogP contribution in [0.15, 0.2) is 81.0 Å². The van der Waals surface area contributed by atoms with Crippen LogP contribution < -0.4 is 26.5 Å². The number of methoxy groups -OCH3 is 1. The molecule has 51 heavy (non-hydrogen) atoms. The van der Waals surface area contributed by atoms with Gasteiger partial charge in [0.2, 0.25) is 11.8 Å². The van der Waals surface area contributed by atoms with Crippen molar-refractivity contribution in [3.8, 4) is 11.5 Å². The Morgan fingerprint density at radius 2 is 1.14 bits per heavy atom. The van der Waals surface area contributed by atoms with Gasteiger partial charge in [-0.05, 0) is 72.1 Å². The Hall–Kier alpha value is -5.86. The third-order valence-corrected chi connectivity index (χ3v) is 9.60. The third-order valence-electron chi connectivity index (χ3n) is 7.76. The van der Waals surface area contributed by atoms with E-state index in [0.717, 1.165) is 15.8 Å². The largest absolute Gasteiger partial charge is 0.502 e. The average molecular weight is 727 g/mol. The summed E-state index contributed by atoms with van der Waals surface area (Å²) < 4.78 is 9.60. The van der Waals surface area contributed by atoms with E-state index in [1.54, 1.807) is 40.3 Å². The van der Waals surface area contributed by atoms with Crippen LogP contribution in [0.3, 0.4) is 0 Å². The van der Waals surface area contributed by atoms with Crippen LogP contribution in [0.1, 0.15) is 59.5 Å². The molecule has 0 saturated carbocycles. The minimum absolute atomic E-state index is 0.0606. The maximum Gasteiger partial charge on any atom is 0.294 e. The van der Waals surface area contributed by atoms with Gasteiger partial charge in [-0.25, -0.2) is 0 Å². The molecule has 2 aromatic carbocycles. The Morgan fingerprint density at radius 3 is 1.57 bits per heavy atom. The third kappa shape index (κ3) is 7.82. The van der Waals surface area contributed by atoms with E-state index in [-0.39, 0.29) is 46.8 Å². The van der Waals surface area contributed by atoms with E-state index >= 15 is 0 Å². The predicted octanol–water partition coefficient (Wildman–Crippen LogP) is 6.26. The first kappa shape index (κ1) is 36.4. The summed E-state index contributed by atoms with van der Waals surface area (Å²) in [6.45, 7) is 6.13. The fourth-order valence-corrected chi connectivity index (χ4v) is 7.69. The monoisotopic (exact) mass is 726 g/mol. The number of carbonyl (C=O) groups is 4. The highest BCUT2D eigenvalue weighted by Crippen LogP contribution is 2.31. The average Bonchev–Trinajstić information content (AvgIpc) is 3.74. The minimum Gasteiger partial charge on any atom is -0.502 e. The van der Waals surface area contributed by atoms with Gasteiger partial charge >= 0.3 is 0 Å². The molecule has 0 unspecified atom stereocenters. The summed E-state index contributed by atoms with van der Waals surface area (Å²) in [5.41, 5.74) is 3.65. The zero-order valence-electron chi connectivity index (χ0n) is 28.4. The van der Waals surface area contributed by atoms with Crippen LogP contribution in [0.25, 0.3) is 20.4 Å². The van der Waals surface area contributed by atoms with Crippen LogP contribution in [0.2, 0.25) is 0 Å². The summed E-state index contributed by atoms with van der Waals surface area (Å²) >= 11 is 2.70. The van der Waals surface area contributed by atoms with Crippen LogP contribution in [0.5, 0.6) is 11.5 Å². The van der Waals surface area contributed by atoms with Crippen molar-refractivity contribution < 1.29 is 29.0 Å². The van der Waals surface area contributed by atoms with Crippen molar-refractivity contribution in [3.63, 3.8) is 0 Å². The number of thiophene rings is 2. The normalized spacial score (nSPS) is 10.8. The van der Waals surface area contributed by atoms with Gasteiger partial charge < -0.3 is 20.5 Å². The lowest BCUT2D eigenvalue weighted by Crippen LogP contribution is -2.24. The number of Topliss-reactive ketones (excluding diaryl/α,β-unsaturated/α-hetero) is 2. The van der Waals surface area contributed by atoms with Gasteiger partial charge in [-0.3, -0.25) is 37.9 Å².